The van der Waals surface area contributed by atoms with Crippen molar-refractivity contribution in [2.24, 2.45) is 0 Å². The average Bonchev–Trinajstić information content (AvgIpc) is 3.83. The fraction of sp³-hybridized carbons (Fsp3) is 0.486. The van der Waals surface area contributed by atoms with Gasteiger partial charge >= 0.3 is 6.01 Å². The number of carbonyl (C=O) groups excluding carboxylic acids is 1. The number of amides is 1. The predicted octanol–water partition coefficient (Wildman–Crippen LogP) is 4.41. The molecule has 234 valence electrons. The Morgan fingerprint density at radius 2 is 1.93 bits per heavy atom. The van der Waals surface area contributed by atoms with Crippen LogP contribution in [0.2, 0.25) is 0 Å². The van der Waals surface area contributed by atoms with Gasteiger partial charge in [0.15, 0.2) is 0 Å². The number of aromatic nitrogens is 2. The van der Waals surface area contributed by atoms with E-state index in [-0.39, 0.29) is 24.1 Å². The van der Waals surface area contributed by atoms with Crippen LogP contribution in [0.15, 0.2) is 49.1 Å². The Morgan fingerprint density at radius 1 is 1.07 bits per heavy atom. The zero-order valence-corrected chi connectivity index (χ0v) is 25.8. The largest absolute Gasteiger partial charge is 0.508 e. The van der Waals surface area contributed by atoms with E-state index in [2.05, 4.69) is 33.4 Å². The highest BCUT2D eigenvalue weighted by atomic mass is 16.5. The molecule has 10 nitrogen and oxygen atoms in total. The molecule has 2 atom stereocenters. The van der Waals surface area contributed by atoms with Crippen LogP contribution in [0.1, 0.15) is 49.8 Å². The minimum absolute atomic E-state index is 0.147. The van der Waals surface area contributed by atoms with Crippen molar-refractivity contribution in [2.75, 3.05) is 49.1 Å². The molecule has 3 fully saturated rings. The first-order chi connectivity index (χ1) is 22.0. The fourth-order valence-electron chi connectivity index (χ4n) is 7.49. The van der Waals surface area contributed by atoms with Gasteiger partial charge in [0.05, 0.1) is 30.8 Å². The number of phenols is 1. The zero-order chi connectivity index (χ0) is 30.9. The quantitative estimate of drug-likeness (QED) is 0.373. The van der Waals surface area contributed by atoms with Crippen LogP contribution >= 0.6 is 0 Å². The van der Waals surface area contributed by atoms with Crippen molar-refractivity contribution in [1.82, 2.24) is 19.8 Å². The van der Waals surface area contributed by atoms with Crippen LogP contribution in [0.3, 0.4) is 0 Å². The number of benzene rings is 2. The second-order valence-corrected chi connectivity index (χ2v) is 12.7. The lowest BCUT2D eigenvalue weighted by atomic mass is 10.1. The first-order valence-corrected chi connectivity index (χ1v) is 16.3. The third-order valence-electron chi connectivity index (χ3n) is 9.82. The maximum absolute atomic E-state index is 12.6. The molecule has 0 bridgehead atoms. The van der Waals surface area contributed by atoms with Gasteiger partial charge in [0.25, 0.3) is 0 Å². The Balaban J connectivity index is 1.23. The summed E-state index contributed by atoms with van der Waals surface area (Å²) >= 11 is 0. The first kappa shape index (κ1) is 29.4. The second-order valence-electron chi connectivity index (χ2n) is 12.7. The number of likely N-dealkylation sites (tertiary alicyclic amines) is 1. The van der Waals surface area contributed by atoms with E-state index >= 15 is 0 Å². The number of nitriles is 1. The Bertz CT molecular complexity index is 1630. The van der Waals surface area contributed by atoms with Gasteiger partial charge in [-0.3, -0.25) is 9.69 Å². The Kier molecular flexibility index (Phi) is 8.19. The summed E-state index contributed by atoms with van der Waals surface area (Å²) in [5, 5.41) is 22.3. The third-order valence-corrected chi connectivity index (χ3v) is 9.82. The van der Waals surface area contributed by atoms with E-state index in [9.17, 15) is 15.2 Å². The van der Waals surface area contributed by atoms with Gasteiger partial charge in [-0.05, 0) is 62.6 Å². The van der Waals surface area contributed by atoms with Crippen molar-refractivity contribution in [2.45, 2.75) is 69.6 Å². The molecule has 45 heavy (non-hydrogen) atoms. The van der Waals surface area contributed by atoms with Gasteiger partial charge in [0, 0.05) is 61.0 Å². The molecule has 10 heteroatoms. The molecular formula is C35H41N7O3. The van der Waals surface area contributed by atoms with Gasteiger partial charge in [0.1, 0.15) is 18.2 Å². The summed E-state index contributed by atoms with van der Waals surface area (Å²) < 4.78 is 6.44. The van der Waals surface area contributed by atoms with Crippen LogP contribution in [-0.2, 0) is 17.8 Å². The molecule has 7 rings (SSSR count). The summed E-state index contributed by atoms with van der Waals surface area (Å²) in [5.74, 6) is 0.941. The van der Waals surface area contributed by atoms with E-state index < -0.39 is 0 Å². The van der Waals surface area contributed by atoms with Crippen LogP contribution in [-0.4, -0.2) is 88.2 Å². The number of rotatable bonds is 8. The highest BCUT2D eigenvalue weighted by Crippen LogP contribution is 2.37. The van der Waals surface area contributed by atoms with E-state index in [1.807, 2.05) is 24.3 Å². The number of piperazine rings is 1. The number of ether oxygens (including phenoxy) is 1. The van der Waals surface area contributed by atoms with Crippen molar-refractivity contribution in [3.05, 3.63) is 60.3 Å². The molecule has 1 aromatic heterocycles. The standard InChI is InChI=1S/C35H41N7O3/c1-2-33(44)42-18-17-40(21-26(42)13-14-36)34-30-10-6-15-39(32-20-28(43)19-24-7-3-4-9-29(24)32)22-31(30)37-35(38-34)45-23-27-8-5-16-41(27)25-11-12-25/h2-4,7,9,19-20,25-27,43H,1,5-6,8,10-13,15-18,21-23H2/t26-,27+/m0/s1. The SMILES string of the molecule is C=CC(=O)N1CCN(c2nc(OC[C@H]3CCCN3C3CC3)nc3c2CCCN(c2cc(O)cc4ccccc24)C3)C[C@@H]1CC#N. The number of anilines is 2. The number of hydrogen-bond donors (Lipinski definition) is 1. The number of nitrogens with zero attached hydrogens (tertiary/aromatic N) is 7. The monoisotopic (exact) mass is 607 g/mol. The van der Waals surface area contributed by atoms with Crippen molar-refractivity contribution in [1.29, 1.82) is 5.26 Å². The van der Waals surface area contributed by atoms with Crippen molar-refractivity contribution < 1.29 is 14.6 Å². The van der Waals surface area contributed by atoms with Crippen molar-refractivity contribution in [3.8, 4) is 17.8 Å². The maximum atomic E-state index is 12.6. The smallest absolute Gasteiger partial charge is 0.318 e. The number of fused-ring (bicyclic) bond motifs is 2. The second kappa shape index (κ2) is 12.6. The Hall–Kier alpha value is -4.36. The lowest BCUT2D eigenvalue weighted by molar-refractivity contribution is -0.128. The normalized spacial score (nSPS) is 22.2. The molecule has 4 heterocycles. The Morgan fingerprint density at radius 3 is 2.76 bits per heavy atom. The summed E-state index contributed by atoms with van der Waals surface area (Å²) in [6, 6.07) is 15.3. The van der Waals surface area contributed by atoms with Gasteiger partial charge in [0.2, 0.25) is 5.91 Å². The molecule has 1 saturated carbocycles. The number of carbonyl (C=O) groups is 1. The highest BCUT2D eigenvalue weighted by molar-refractivity contribution is 5.95. The van der Waals surface area contributed by atoms with Crippen LogP contribution in [0, 0.1) is 11.3 Å². The van der Waals surface area contributed by atoms with Crippen LogP contribution in [0.25, 0.3) is 10.8 Å². The zero-order valence-electron chi connectivity index (χ0n) is 25.8. The fourth-order valence-corrected chi connectivity index (χ4v) is 7.49. The van der Waals surface area contributed by atoms with Gasteiger partial charge in [-0.15, -0.1) is 0 Å². The molecule has 0 radical (unpaired) electrons. The maximum Gasteiger partial charge on any atom is 0.318 e. The van der Waals surface area contributed by atoms with E-state index in [1.54, 1.807) is 11.0 Å². The van der Waals surface area contributed by atoms with Gasteiger partial charge in [-0.1, -0.05) is 30.8 Å². The topological polar surface area (TPSA) is 109 Å². The lowest BCUT2D eigenvalue weighted by Crippen LogP contribution is -2.55. The molecule has 2 saturated heterocycles. The summed E-state index contributed by atoms with van der Waals surface area (Å²) in [6.45, 7) is 8.33. The number of aromatic hydroxyl groups is 1. The van der Waals surface area contributed by atoms with Crippen molar-refractivity contribution >= 4 is 28.2 Å². The van der Waals surface area contributed by atoms with Crippen LogP contribution in [0.4, 0.5) is 11.5 Å². The van der Waals surface area contributed by atoms with E-state index in [0.717, 1.165) is 65.9 Å². The lowest BCUT2D eigenvalue weighted by Gasteiger charge is -2.41. The molecule has 3 aliphatic heterocycles. The number of phenolic OH excluding ortho intramolecular Hbond substituents is 1. The van der Waals surface area contributed by atoms with Crippen LogP contribution < -0.4 is 14.5 Å². The molecular weight excluding hydrogens is 566 g/mol. The van der Waals surface area contributed by atoms with E-state index in [4.69, 9.17) is 14.7 Å². The molecule has 2 aromatic carbocycles. The summed E-state index contributed by atoms with van der Waals surface area (Å²) in [6.07, 6.45) is 8.14. The molecule has 0 unspecified atom stereocenters. The summed E-state index contributed by atoms with van der Waals surface area (Å²) in [4.78, 5) is 31.6. The van der Waals surface area contributed by atoms with Gasteiger partial charge < -0.3 is 24.5 Å². The van der Waals surface area contributed by atoms with Crippen molar-refractivity contribution in [3.63, 3.8) is 0 Å². The average molecular weight is 608 g/mol. The summed E-state index contributed by atoms with van der Waals surface area (Å²) in [7, 11) is 0. The van der Waals surface area contributed by atoms with Crippen LogP contribution in [0.5, 0.6) is 11.8 Å². The molecule has 3 aromatic rings. The van der Waals surface area contributed by atoms with E-state index in [0.29, 0.717) is 50.9 Å². The minimum atomic E-state index is -0.254. The van der Waals surface area contributed by atoms with Gasteiger partial charge in [-0.25, -0.2) is 0 Å². The minimum Gasteiger partial charge on any atom is -0.508 e. The third kappa shape index (κ3) is 6.01. The molecule has 1 amide bonds. The molecule has 4 aliphatic rings. The van der Waals surface area contributed by atoms with E-state index in [1.165, 1.54) is 25.3 Å². The Labute approximate surface area is 264 Å². The number of hydrogen-bond acceptors (Lipinski definition) is 9. The first-order valence-electron chi connectivity index (χ1n) is 16.3. The summed E-state index contributed by atoms with van der Waals surface area (Å²) in [5.41, 5.74) is 3.00. The molecule has 1 N–H and O–H groups in total. The molecule has 0 spiro atoms. The predicted molar refractivity (Wildman–Crippen MR) is 173 cm³/mol. The molecule has 1 aliphatic carbocycles. The highest BCUT2D eigenvalue weighted by Gasteiger charge is 2.37. The van der Waals surface area contributed by atoms with Gasteiger partial charge in [-0.2, -0.15) is 15.2 Å².